The van der Waals surface area contributed by atoms with E-state index in [2.05, 4.69) is 4.98 Å². The van der Waals surface area contributed by atoms with Crippen molar-refractivity contribution in [2.45, 2.75) is 44.9 Å². The minimum absolute atomic E-state index is 0.176. The number of ether oxygens (including phenoxy) is 1. The number of thiazole rings is 1. The summed E-state index contributed by atoms with van der Waals surface area (Å²) in [4.78, 5) is 16.4. The molecule has 94 valence electrons. The van der Waals surface area contributed by atoms with Gasteiger partial charge in [0.25, 0.3) is 0 Å². The molecule has 0 aromatic carbocycles. The first kappa shape index (κ1) is 12.6. The van der Waals surface area contributed by atoms with Gasteiger partial charge in [0.2, 0.25) is 0 Å². The van der Waals surface area contributed by atoms with Crippen molar-refractivity contribution in [3.8, 4) is 0 Å². The third-order valence-corrected chi connectivity index (χ3v) is 4.46. The summed E-state index contributed by atoms with van der Waals surface area (Å²) >= 11 is 1.69. The molecule has 1 aromatic rings. The van der Waals surface area contributed by atoms with E-state index in [1.807, 2.05) is 19.2 Å². The molecule has 1 fully saturated rings. The molecule has 0 spiro atoms. The highest BCUT2D eigenvalue weighted by Crippen LogP contribution is 2.39. The minimum Gasteiger partial charge on any atom is -0.468 e. The van der Waals surface area contributed by atoms with Gasteiger partial charge in [-0.3, -0.25) is 4.79 Å². The van der Waals surface area contributed by atoms with Crippen LogP contribution in [0.2, 0.25) is 0 Å². The standard InChI is InChI=1S/C13H19NO2S/c1-8(2)11(13(15)16-3)10-7-17-12(14-10)9-5-4-6-9/h7-9,11H,4-6H2,1-3H3. The predicted octanol–water partition coefficient (Wildman–Crippen LogP) is 3.32. The first-order valence-corrected chi connectivity index (χ1v) is 7.04. The lowest BCUT2D eigenvalue weighted by Crippen LogP contribution is -2.20. The van der Waals surface area contributed by atoms with Gasteiger partial charge in [0.05, 0.1) is 17.8 Å². The van der Waals surface area contributed by atoms with Gasteiger partial charge in [0, 0.05) is 11.3 Å². The summed E-state index contributed by atoms with van der Waals surface area (Å²) in [7, 11) is 1.44. The van der Waals surface area contributed by atoms with Crippen LogP contribution < -0.4 is 0 Å². The maximum absolute atomic E-state index is 11.8. The Morgan fingerprint density at radius 2 is 2.24 bits per heavy atom. The van der Waals surface area contributed by atoms with E-state index in [0.29, 0.717) is 5.92 Å². The van der Waals surface area contributed by atoms with Crippen molar-refractivity contribution in [3.05, 3.63) is 16.1 Å². The fourth-order valence-corrected chi connectivity index (χ4v) is 3.17. The Labute approximate surface area is 106 Å². The molecule has 1 aliphatic carbocycles. The molecule has 1 aliphatic rings. The number of hydrogen-bond donors (Lipinski definition) is 0. The Hall–Kier alpha value is -0.900. The molecule has 0 aliphatic heterocycles. The Morgan fingerprint density at radius 3 is 2.71 bits per heavy atom. The number of esters is 1. The molecule has 4 heteroatoms. The normalized spacial score (nSPS) is 17.9. The largest absolute Gasteiger partial charge is 0.468 e. The monoisotopic (exact) mass is 253 g/mol. The molecule has 1 unspecified atom stereocenters. The molecule has 0 saturated heterocycles. The van der Waals surface area contributed by atoms with Crippen molar-refractivity contribution in [1.82, 2.24) is 4.98 Å². The summed E-state index contributed by atoms with van der Waals surface area (Å²) in [5.74, 6) is 0.466. The van der Waals surface area contributed by atoms with Crippen molar-refractivity contribution < 1.29 is 9.53 Å². The van der Waals surface area contributed by atoms with E-state index >= 15 is 0 Å². The lowest BCUT2D eigenvalue weighted by Gasteiger charge is -2.22. The van der Waals surface area contributed by atoms with Crippen LogP contribution in [0, 0.1) is 5.92 Å². The number of carbonyl (C=O) groups excluding carboxylic acids is 1. The van der Waals surface area contributed by atoms with E-state index < -0.39 is 0 Å². The first-order chi connectivity index (χ1) is 8.13. The highest BCUT2D eigenvalue weighted by atomic mass is 32.1. The molecule has 17 heavy (non-hydrogen) atoms. The summed E-state index contributed by atoms with van der Waals surface area (Å²) in [6, 6.07) is 0. The topological polar surface area (TPSA) is 39.2 Å². The third-order valence-electron chi connectivity index (χ3n) is 3.43. The van der Waals surface area contributed by atoms with Crippen LogP contribution in [0.1, 0.15) is 55.6 Å². The van der Waals surface area contributed by atoms with Gasteiger partial charge in [-0.2, -0.15) is 0 Å². The number of hydrogen-bond acceptors (Lipinski definition) is 4. The van der Waals surface area contributed by atoms with Crippen molar-refractivity contribution in [1.29, 1.82) is 0 Å². The Morgan fingerprint density at radius 1 is 1.53 bits per heavy atom. The quantitative estimate of drug-likeness (QED) is 0.773. The van der Waals surface area contributed by atoms with Crippen LogP contribution in [0.5, 0.6) is 0 Å². The fourth-order valence-electron chi connectivity index (χ4n) is 2.15. The van der Waals surface area contributed by atoms with E-state index in [1.165, 1.54) is 31.4 Å². The van der Waals surface area contributed by atoms with Crippen molar-refractivity contribution in [2.24, 2.45) is 5.92 Å². The van der Waals surface area contributed by atoms with Crippen LogP contribution in [0.3, 0.4) is 0 Å². The molecule has 1 atom stereocenters. The van der Waals surface area contributed by atoms with Gasteiger partial charge in [-0.05, 0) is 18.8 Å². The Bertz CT molecular complexity index is 396. The van der Waals surface area contributed by atoms with Gasteiger partial charge >= 0.3 is 5.97 Å². The Balaban J connectivity index is 2.17. The number of rotatable bonds is 4. The smallest absolute Gasteiger partial charge is 0.315 e. The summed E-state index contributed by atoms with van der Waals surface area (Å²) in [5, 5.41) is 3.22. The molecule has 0 radical (unpaired) electrons. The number of methoxy groups -OCH3 is 1. The Kier molecular flexibility index (Phi) is 3.82. The molecule has 1 saturated carbocycles. The van der Waals surface area contributed by atoms with Crippen LogP contribution in [0.25, 0.3) is 0 Å². The molecule has 1 heterocycles. The van der Waals surface area contributed by atoms with Gasteiger partial charge < -0.3 is 4.74 Å². The number of aromatic nitrogens is 1. The zero-order valence-corrected chi connectivity index (χ0v) is 11.4. The van der Waals surface area contributed by atoms with Gasteiger partial charge in [-0.1, -0.05) is 20.3 Å². The van der Waals surface area contributed by atoms with Crippen LogP contribution in [-0.2, 0) is 9.53 Å². The summed E-state index contributed by atoms with van der Waals surface area (Å²) in [6.07, 6.45) is 3.80. The van der Waals surface area contributed by atoms with Gasteiger partial charge in [0.1, 0.15) is 5.92 Å². The molecule has 0 amide bonds. The zero-order chi connectivity index (χ0) is 12.4. The van der Waals surface area contributed by atoms with Crippen LogP contribution >= 0.6 is 11.3 Å². The molecular weight excluding hydrogens is 234 g/mol. The zero-order valence-electron chi connectivity index (χ0n) is 10.6. The van der Waals surface area contributed by atoms with Crippen LogP contribution in [0.15, 0.2) is 5.38 Å². The van der Waals surface area contributed by atoms with E-state index in [1.54, 1.807) is 11.3 Å². The fraction of sp³-hybridized carbons (Fsp3) is 0.692. The molecule has 0 bridgehead atoms. The van der Waals surface area contributed by atoms with Crippen molar-refractivity contribution in [3.63, 3.8) is 0 Å². The predicted molar refractivity (Wildman–Crippen MR) is 68.3 cm³/mol. The van der Waals surface area contributed by atoms with Crippen LogP contribution in [0.4, 0.5) is 0 Å². The second-order valence-electron chi connectivity index (χ2n) is 4.98. The lowest BCUT2D eigenvalue weighted by atomic mass is 9.86. The summed E-state index contributed by atoms with van der Waals surface area (Å²) < 4.78 is 4.86. The number of nitrogens with zero attached hydrogens (tertiary/aromatic N) is 1. The minimum atomic E-state index is -0.218. The molecular formula is C13H19NO2S. The van der Waals surface area contributed by atoms with Crippen molar-refractivity contribution in [2.75, 3.05) is 7.11 Å². The van der Waals surface area contributed by atoms with E-state index in [0.717, 1.165) is 5.69 Å². The average Bonchev–Trinajstić information content (AvgIpc) is 2.63. The molecule has 2 rings (SSSR count). The average molecular weight is 253 g/mol. The van der Waals surface area contributed by atoms with Crippen molar-refractivity contribution >= 4 is 17.3 Å². The van der Waals surface area contributed by atoms with Gasteiger partial charge in [0.15, 0.2) is 0 Å². The van der Waals surface area contributed by atoms with E-state index in [4.69, 9.17) is 4.74 Å². The maximum Gasteiger partial charge on any atom is 0.315 e. The van der Waals surface area contributed by atoms with Gasteiger partial charge in [-0.15, -0.1) is 11.3 Å². The second-order valence-corrected chi connectivity index (χ2v) is 5.87. The molecule has 0 N–H and O–H groups in total. The SMILES string of the molecule is COC(=O)C(c1csc(C2CCC2)n1)C(C)C. The highest BCUT2D eigenvalue weighted by molar-refractivity contribution is 7.09. The van der Waals surface area contributed by atoms with E-state index in [-0.39, 0.29) is 17.8 Å². The van der Waals surface area contributed by atoms with E-state index in [9.17, 15) is 4.79 Å². The summed E-state index contributed by atoms with van der Waals surface area (Å²) in [5.41, 5.74) is 0.888. The lowest BCUT2D eigenvalue weighted by molar-refractivity contribution is -0.143. The molecule has 3 nitrogen and oxygen atoms in total. The highest BCUT2D eigenvalue weighted by Gasteiger charge is 2.29. The van der Waals surface area contributed by atoms with Crippen LogP contribution in [-0.4, -0.2) is 18.1 Å². The second kappa shape index (κ2) is 5.17. The maximum atomic E-state index is 11.8. The molecule has 1 aromatic heterocycles. The third kappa shape index (κ3) is 2.51. The first-order valence-electron chi connectivity index (χ1n) is 6.16. The summed E-state index contributed by atoms with van der Waals surface area (Å²) in [6.45, 7) is 4.06. The number of carbonyl (C=O) groups is 1. The van der Waals surface area contributed by atoms with Gasteiger partial charge in [-0.25, -0.2) is 4.98 Å².